The highest BCUT2D eigenvalue weighted by atomic mass is 16.5. The highest BCUT2D eigenvalue weighted by Gasteiger charge is 2.30. The van der Waals surface area contributed by atoms with Crippen LogP contribution in [0.4, 0.5) is 4.79 Å². The highest BCUT2D eigenvalue weighted by Crippen LogP contribution is 2.25. The lowest BCUT2D eigenvalue weighted by Gasteiger charge is -2.28. The van der Waals surface area contributed by atoms with Crippen LogP contribution in [0.3, 0.4) is 0 Å². The van der Waals surface area contributed by atoms with Gasteiger partial charge in [0.1, 0.15) is 0 Å². The van der Waals surface area contributed by atoms with E-state index in [0.29, 0.717) is 37.3 Å². The number of rotatable bonds is 6. The van der Waals surface area contributed by atoms with Gasteiger partial charge in [0, 0.05) is 32.7 Å². The number of hydrogen-bond acceptors (Lipinski definition) is 5. The van der Waals surface area contributed by atoms with Crippen molar-refractivity contribution in [3.05, 3.63) is 34.7 Å². The lowest BCUT2D eigenvalue weighted by Crippen LogP contribution is -2.45. The van der Waals surface area contributed by atoms with Gasteiger partial charge in [0.2, 0.25) is 5.91 Å². The average Bonchev–Trinajstić information content (AvgIpc) is 2.97. The molecule has 0 unspecified atom stereocenters. The molecule has 9 nitrogen and oxygen atoms in total. The zero-order valence-electron chi connectivity index (χ0n) is 17.9. The molecule has 0 radical (unpaired) electrons. The van der Waals surface area contributed by atoms with E-state index in [1.54, 1.807) is 16.7 Å². The molecule has 2 amide bonds. The number of carbonyl (C=O) groups is 2. The number of para-hydroxylation sites is 2. The number of benzene rings is 1. The fourth-order valence-corrected chi connectivity index (χ4v) is 3.79. The molecule has 1 aliphatic rings. The number of hydrogen-bond donors (Lipinski definition) is 2. The summed E-state index contributed by atoms with van der Waals surface area (Å²) in [6.07, 6.45) is 0. The molecule has 164 valence electrons. The predicted molar refractivity (Wildman–Crippen MR) is 114 cm³/mol. The van der Waals surface area contributed by atoms with Crippen molar-refractivity contribution in [2.24, 2.45) is 17.1 Å². The van der Waals surface area contributed by atoms with Crippen molar-refractivity contribution >= 4 is 23.0 Å². The van der Waals surface area contributed by atoms with E-state index in [2.05, 4.69) is 10.2 Å². The van der Waals surface area contributed by atoms with E-state index in [9.17, 15) is 14.4 Å². The minimum Gasteiger partial charge on any atom is -0.379 e. The molecule has 2 aromatic rings. The van der Waals surface area contributed by atoms with E-state index in [4.69, 9.17) is 10.5 Å². The van der Waals surface area contributed by atoms with Gasteiger partial charge in [-0.1, -0.05) is 32.9 Å². The molecule has 0 spiro atoms. The number of fused-ring (bicyclic) bond motifs is 1. The van der Waals surface area contributed by atoms with Crippen LogP contribution < -0.4 is 16.7 Å². The van der Waals surface area contributed by atoms with E-state index >= 15 is 0 Å². The van der Waals surface area contributed by atoms with Crippen LogP contribution in [0.2, 0.25) is 0 Å². The molecule has 3 N–H and O–H groups in total. The summed E-state index contributed by atoms with van der Waals surface area (Å²) in [4.78, 5) is 40.1. The summed E-state index contributed by atoms with van der Waals surface area (Å²) in [5.74, 6) is -1.03. The maximum atomic E-state index is 13.1. The third kappa shape index (κ3) is 4.73. The third-order valence-electron chi connectivity index (χ3n) is 5.63. The second-order valence-electron chi connectivity index (χ2n) is 8.72. The number of primary amides is 1. The predicted octanol–water partition coefficient (Wildman–Crippen LogP) is 0.841. The molecule has 30 heavy (non-hydrogen) atoms. The molecule has 1 aromatic heterocycles. The Morgan fingerprint density at radius 3 is 2.37 bits per heavy atom. The van der Waals surface area contributed by atoms with E-state index in [0.717, 1.165) is 17.7 Å². The molecule has 3 rings (SSSR count). The van der Waals surface area contributed by atoms with Crippen molar-refractivity contribution in [3.63, 3.8) is 0 Å². The molecule has 1 fully saturated rings. The summed E-state index contributed by atoms with van der Waals surface area (Å²) in [5, 5.41) is 2.72. The first-order valence-electron chi connectivity index (χ1n) is 10.3. The summed E-state index contributed by atoms with van der Waals surface area (Å²) in [6.45, 7) is 9.94. The number of ether oxygens (including phenoxy) is 1. The zero-order valence-corrected chi connectivity index (χ0v) is 17.9. The van der Waals surface area contributed by atoms with Crippen molar-refractivity contribution in [2.75, 3.05) is 39.4 Å². The van der Waals surface area contributed by atoms with Gasteiger partial charge in [-0.2, -0.15) is 0 Å². The van der Waals surface area contributed by atoms with Crippen molar-refractivity contribution in [1.82, 2.24) is 19.4 Å². The van der Waals surface area contributed by atoms with Crippen molar-refractivity contribution in [1.29, 1.82) is 0 Å². The first-order chi connectivity index (χ1) is 14.2. The maximum Gasteiger partial charge on any atom is 0.337 e. The monoisotopic (exact) mass is 417 g/mol. The van der Waals surface area contributed by atoms with Gasteiger partial charge in [0.15, 0.2) is 0 Å². The number of nitrogens with zero attached hydrogens (tertiary/aromatic N) is 3. The fraction of sp³-hybridized carbons (Fsp3) is 0.571. The van der Waals surface area contributed by atoms with Crippen LogP contribution in [0.15, 0.2) is 29.1 Å². The average molecular weight is 418 g/mol. The van der Waals surface area contributed by atoms with Gasteiger partial charge in [-0.25, -0.2) is 14.2 Å². The quantitative estimate of drug-likeness (QED) is 0.723. The molecule has 1 aromatic carbocycles. The van der Waals surface area contributed by atoms with Gasteiger partial charge in [-0.15, -0.1) is 0 Å². The molecule has 2 heterocycles. The van der Waals surface area contributed by atoms with Gasteiger partial charge >= 0.3 is 11.7 Å². The first-order valence-corrected chi connectivity index (χ1v) is 10.3. The Labute approximate surface area is 175 Å². The number of nitrogens with two attached hydrogens (primary N) is 1. The first kappa shape index (κ1) is 22.0. The minimum atomic E-state index is -0.558. The molecule has 1 atom stereocenters. The lowest BCUT2D eigenvalue weighted by molar-refractivity contribution is -0.124. The Morgan fingerprint density at radius 2 is 1.77 bits per heavy atom. The van der Waals surface area contributed by atoms with E-state index in [1.807, 2.05) is 32.9 Å². The molecular formula is C21H31N5O4. The second kappa shape index (κ2) is 9.01. The number of morpholine rings is 1. The van der Waals surface area contributed by atoms with Crippen LogP contribution in [-0.2, 0) is 16.1 Å². The smallest absolute Gasteiger partial charge is 0.337 e. The maximum absolute atomic E-state index is 13.1. The van der Waals surface area contributed by atoms with Crippen LogP contribution in [0, 0.1) is 11.3 Å². The number of amides is 2. The Kier molecular flexibility index (Phi) is 6.62. The zero-order chi connectivity index (χ0) is 21.9. The van der Waals surface area contributed by atoms with Crippen LogP contribution in [-0.4, -0.2) is 65.4 Å². The molecular weight excluding hydrogens is 386 g/mol. The van der Waals surface area contributed by atoms with Gasteiger partial charge in [-0.3, -0.25) is 14.3 Å². The van der Waals surface area contributed by atoms with Crippen LogP contribution in [0.5, 0.6) is 0 Å². The molecule has 0 bridgehead atoms. The fourth-order valence-electron chi connectivity index (χ4n) is 3.79. The van der Waals surface area contributed by atoms with Gasteiger partial charge < -0.3 is 15.8 Å². The standard InChI is InChI=1S/C21H31N5O4/c1-21(2,3)15(18(22)27)14-23-19(28)26-17-7-5-4-6-16(17)25(20(26)29)9-8-24-10-12-30-13-11-24/h4-7,15H,8-14H2,1-3H3,(H2,22,27)(H,23,28)/t15-/m0/s1. The number of nitrogens with one attached hydrogen (secondary N) is 1. The molecule has 1 saturated heterocycles. The Hall–Kier alpha value is -2.65. The lowest BCUT2D eigenvalue weighted by atomic mass is 9.80. The Bertz CT molecular complexity index is 966. The summed E-state index contributed by atoms with van der Waals surface area (Å²) >= 11 is 0. The minimum absolute atomic E-state index is 0.0669. The van der Waals surface area contributed by atoms with E-state index in [1.165, 1.54) is 0 Å². The Morgan fingerprint density at radius 1 is 1.13 bits per heavy atom. The normalized spacial score (nSPS) is 16.5. The summed E-state index contributed by atoms with van der Waals surface area (Å²) in [7, 11) is 0. The van der Waals surface area contributed by atoms with E-state index in [-0.39, 0.29) is 6.54 Å². The largest absolute Gasteiger partial charge is 0.379 e. The van der Waals surface area contributed by atoms with Crippen molar-refractivity contribution in [2.45, 2.75) is 27.3 Å². The molecule has 0 aliphatic carbocycles. The molecule has 9 heteroatoms. The van der Waals surface area contributed by atoms with Crippen molar-refractivity contribution in [3.8, 4) is 0 Å². The van der Waals surface area contributed by atoms with Gasteiger partial charge in [0.25, 0.3) is 0 Å². The van der Waals surface area contributed by atoms with Crippen molar-refractivity contribution < 1.29 is 14.3 Å². The second-order valence-corrected chi connectivity index (χ2v) is 8.72. The molecule has 0 saturated carbocycles. The number of aromatic nitrogens is 2. The molecule has 1 aliphatic heterocycles. The van der Waals surface area contributed by atoms with E-state index < -0.39 is 29.0 Å². The SMILES string of the molecule is CC(C)(C)[C@@H](CNC(=O)n1c(=O)n(CCN2CCOCC2)c2ccccc21)C(N)=O. The van der Waals surface area contributed by atoms with Crippen LogP contribution in [0.25, 0.3) is 11.0 Å². The summed E-state index contributed by atoms with van der Waals surface area (Å²) in [5.41, 5.74) is 5.94. The third-order valence-corrected chi connectivity index (χ3v) is 5.63. The topological polar surface area (TPSA) is 112 Å². The van der Waals surface area contributed by atoms with Gasteiger partial charge in [-0.05, 0) is 17.5 Å². The highest BCUT2D eigenvalue weighted by molar-refractivity contribution is 5.89. The number of carbonyl (C=O) groups excluding carboxylic acids is 2. The Balaban J connectivity index is 1.83. The van der Waals surface area contributed by atoms with Gasteiger partial charge in [0.05, 0.1) is 30.2 Å². The number of imidazole rings is 1. The van der Waals surface area contributed by atoms with Crippen LogP contribution in [0.1, 0.15) is 20.8 Å². The van der Waals surface area contributed by atoms with Crippen LogP contribution >= 0.6 is 0 Å². The summed E-state index contributed by atoms with van der Waals surface area (Å²) < 4.78 is 8.13. The summed E-state index contributed by atoms with van der Waals surface area (Å²) in [6, 6.07) is 6.66.